The zero-order valence-electron chi connectivity index (χ0n) is 16.0. The van der Waals surface area contributed by atoms with Crippen molar-refractivity contribution in [2.24, 2.45) is 0 Å². The van der Waals surface area contributed by atoms with E-state index >= 15 is 0 Å². The molecule has 1 amide bonds. The van der Waals surface area contributed by atoms with Crippen molar-refractivity contribution in [1.82, 2.24) is 5.32 Å². The van der Waals surface area contributed by atoms with Gasteiger partial charge in [-0.1, -0.05) is 30.3 Å². The van der Waals surface area contributed by atoms with Crippen LogP contribution in [-0.4, -0.2) is 42.4 Å². The lowest BCUT2D eigenvalue weighted by Crippen LogP contribution is -2.37. The number of phenols is 1. The zero-order valence-corrected chi connectivity index (χ0v) is 16.0. The van der Waals surface area contributed by atoms with Gasteiger partial charge in [0.25, 0.3) is 0 Å². The van der Waals surface area contributed by atoms with Crippen LogP contribution in [0.1, 0.15) is 24.0 Å². The van der Waals surface area contributed by atoms with Crippen molar-refractivity contribution in [3.63, 3.8) is 0 Å². The smallest absolute Gasteiger partial charge is 0.303 e. The third kappa shape index (κ3) is 6.19. The molecule has 0 radical (unpaired) electrons. The van der Waals surface area contributed by atoms with Gasteiger partial charge in [-0.05, 0) is 36.1 Å². The SMILES string of the molecule is COc1cc(CC(=O)NC(CCC(=O)O)Cc2ccccc2)cc(OC)c1O. The molecule has 0 saturated carbocycles. The van der Waals surface area contributed by atoms with Crippen molar-refractivity contribution in [2.45, 2.75) is 31.7 Å². The minimum atomic E-state index is -0.902. The Hall–Kier alpha value is -3.22. The Morgan fingerprint density at radius 1 is 1.04 bits per heavy atom. The monoisotopic (exact) mass is 387 g/mol. The number of aromatic hydroxyl groups is 1. The van der Waals surface area contributed by atoms with Crippen LogP contribution < -0.4 is 14.8 Å². The second-order valence-electron chi connectivity index (χ2n) is 6.41. The maximum absolute atomic E-state index is 12.5. The van der Waals surface area contributed by atoms with E-state index in [1.807, 2.05) is 30.3 Å². The number of rotatable bonds is 10. The summed E-state index contributed by atoms with van der Waals surface area (Å²) in [5, 5.41) is 21.9. The van der Waals surface area contributed by atoms with Gasteiger partial charge in [-0.25, -0.2) is 0 Å². The Labute approximate surface area is 163 Å². The average Bonchev–Trinajstić information content (AvgIpc) is 2.68. The molecule has 28 heavy (non-hydrogen) atoms. The van der Waals surface area contributed by atoms with Crippen molar-refractivity contribution in [3.05, 3.63) is 53.6 Å². The zero-order chi connectivity index (χ0) is 20.5. The molecule has 0 aliphatic carbocycles. The molecule has 3 N–H and O–H groups in total. The van der Waals surface area contributed by atoms with Crippen LogP contribution in [0.25, 0.3) is 0 Å². The van der Waals surface area contributed by atoms with E-state index in [9.17, 15) is 14.7 Å². The molecule has 0 fully saturated rings. The molecule has 0 bridgehead atoms. The van der Waals surface area contributed by atoms with Gasteiger partial charge in [-0.2, -0.15) is 0 Å². The molecule has 150 valence electrons. The number of carbonyl (C=O) groups excluding carboxylic acids is 1. The van der Waals surface area contributed by atoms with E-state index in [1.54, 1.807) is 12.1 Å². The number of carboxylic acids is 1. The molecule has 2 rings (SSSR count). The fourth-order valence-corrected chi connectivity index (χ4v) is 2.94. The highest BCUT2D eigenvalue weighted by Gasteiger charge is 2.17. The van der Waals surface area contributed by atoms with Crippen LogP contribution in [0.4, 0.5) is 0 Å². The highest BCUT2D eigenvalue weighted by atomic mass is 16.5. The largest absolute Gasteiger partial charge is 0.502 e. The fraction of sp³-hybridized carbons (Fsp3) is 0.333. The van der Waals surface area contributed by atoms with E-state index < -0.39 is 5.97 Å². The molecule has 0 spiro atoms. The van der Waals surface area contributed by atoms with E-state index in [0.717, 1.165) is 5.56 Å². The third-order valence-electron chi connectivity index (χ3n) is 4.30. The van der Waals surface area contributed by atoms with Crippen LogP contribution in [0.3, 0.4) is 0 Å². The van der Waals surface area contributed by atoms with Gasteiger partial charge in [0.2, 0.25) is 11.7 Å². The van der Waals surface area contributed by atoms with Gasteiger partial charge in [0, 0.05) is 12.5 Å². The second-order valence-corrected chi connectivity index (χ2v) is 6.41. The summed E-state index contributed by atoms with van der Waals surface area (Å²) >= 11 is 0. The van der Waals surface area contributed by atoms with Crippen molar-refractivity contribution in [3.8, 4) is 17.2 Å². The molecule has 0 saturated heterocycles. The summed E-state index contributed by atoms with van der Waals surface area (Å²) in [6.07, 6.45) is 0.893. The number of hydrogen-bond acceptors (Lipinski definition) is 5. The maximum Gasteiger partial charge on any atom is 0.303 e. The van der Waals surface area contributed by atoms with Gasteiger partial charge in [-0.15, -0.1) is 0 Å². The molecule has 0 heterocycles. The van der Waals surface area contributed by atoms with Gasteiger partial charge in [0.05, 0.1) is 20.6 Å². The predicted molar refractivity (Wildman–Crippen MR) is 104 cm³/mol. The van der Waals surface area contributed by atoms with E-state index in [0.29, 0.717) is 18.4 Å². The number of benzene rings is 2. The summed E-state index contributed by atoms with van der Waals surface area (Å²) in [7, 11) is 2.83. The first kappa shape index (κ1) is 21.1. The van der Waals surface area contributed by atoms with Crippen molar-refractivity contribution >= 4 is 11.9 Å². The van der Waals surface area contributed by atoms with E-state index in [-0.39, 0.29) is 42.0 Å². The molecule has 7 heteroatoms. The molecule has 0 aromatic heterocycles. The van der Waals surface area contributed by atoms with Crippen LogP contribution in [0.2, 0.25) is 0 Å². The Morgan fingerprint density at radius 3 is 2.18 bits per heavy atom. The van der Waals surface area contributed by atoms with Gasteiger partial charge >= 0.3 is 5.97 Å². The molecule has 0 aliphatic rings. The highest BCUT2D eigenvalue weighted by Crippen LogP contribution is 2.37. The standard InChI is InChI=1S/C21H25NO6/c1-27-17-11-15(12-18(28-2)21(17)26)13-19(23)22-16(8-9-20(24)25)10-14-6-4-3-5-7-14/h3-7,11-12,16,26H,8-10,13H2,1-2H3,(H,22,23)(H,24,25). The van der Waals surface area contributed by atoms with Crippen LogP contribution in [0, 0.1) is 0 Å². The summed E-state index contributed by atoms with van der Waals surface area (Å²) in [4.78, 5) is 23.5. The van der Waals surface area contributed by atoms with Crippen molar-refractivity contribution < 1.29 is 29.3 Å². The second kappa shape index (κ2) is 10.2. The summed E-state index contributed by atoms with van der Waals surface area (Å²) in [5.74, 6) is -0.846. The normalized spacial score (nSPS) is 11.5. The van der Waals surface area contributed by atoms with Crippen molar-refractivity contribution in [2.75, 3.05) is 14.2 Å². The predicted octanol–water partition coefficient (Wildman–Crippen LogP) is 2.54. The van der Waals surface area contributed by atoms with Crippen LogP contribution in [0.15, 0.2) is 42.5 Å². The number of carboxylic acid groups (broad SMARTS) is 1. The van der Waals surface area contributed by atoms with E-state index in [4.69, 9.17) is 14.6 Å². The van der Waals surface area contributed by atoms with E-state index in [1.165, 1.54) is 14.2 Å². The number of nitrogens with one attached hydrogen (secondary N) is 1. The first-order chi connectivity index (χ1) is 13.4. The summed E-state index contributed by atoms with van der Waals surface area (Å²) in [5.41, 5.74) is 1.63. The minimum absolute atomic E-state index is 0.0291. The van der Waals surface area contributed by atoms with Gasteiger partial charge in [0.15, 0.2) is 11.5 Å². The summed E-state index contributed by atoms with van der Waals surface area (Å²) < 4.78 is 10.2. The minimum Gasteiger partial charge on any atom is -0.502 e. The number of hydrogen-bond donors (Lipinski definition) is 3. The first-order valence-corrected chi connectivity index (χ1v) is 8.91. The lowest BCUT2D eigenvalue weighted by molar-refractivity contribution is -0.137. The quantitative estimate of drug-likeness (QED) is 0.579. The number of ether oxygens (including phenoxy) is 2. The Bertz CT molecular complexity index is 781. The highest BCUT2D eigenvalue weighted by molar-refractivity contribution is 5.79. The third-order valence-corrected chi connectivity index (χ3v) is 4.30. The summed E-state index contributed by atoms with van der Waals surface area (Å²) in [6.45, 7) is 0. The molecule has 7 nitrogen and oxygen atoms in total. The van der Waals surface area contributed by atoms with E-state index in [2.05, 4.69) is 5.32 Å². The molecular formula is C21H25NO6. The Morgan fingerprint density at radius 2 is 1.64 bits per heavy atom. The molecule has 1 unspecified atom stereocenters. The first-order valence-electron chi connectivity index (χ1n) is 8.91. The molecule has 2 aromatic carbocycles. The fourth-order valence-electron chi connectivity index (χ4n) is 2.94. The Kier molecular flexibility index (Phi) is 7.68. The lowest BCUT2D eigenvalue weighted by Gasteiger charge is -2.19. The molecular weight excluding hydrogens is 362 g/mol. The number of aliphatic carboxylic acids is 1. The summed E-state index contributed by atoms with van der Waals surface area (Å²) in [6, 6.07) is 12.4. The number of methoxy groups -OCH3 is 2. The molecule has 2 aromatic rings. The molecule has 1 atom stereocenters. The lowest BCUT2D eigenvalue weighted by atomic mass is 10.0. The average molecular weight is 387 g/mol. The van der Waals surface area contributed by atoms with Gasteiger partial charge < -0.3 is 25.0 Å². The number of carbonyl (C=O) groups is 2. The van der Waals surface area contributed by atoms with Crippen molar-refractivity contribution in [1.29, 1.82) is 0 Å². The maximum atomic E-state index is 12.5. The molecule has 0 aliphatic heterocycles. The van der Waals surface area contributed by atoms with Crippen LogP contribution >= 0.6 is 0 Å². The Balaban J connectivity index is 2.09. The number of phenolic OH excluding ortho intramolecular Hbond substituents is 1. The topological polar surface area (TPSA) is 105 Å². The van der Waals surface area contributed by atoms with Gasteiger partial charge in [-0.3, -0.25) is 9.59 Å². The van der Waals surface area contributed by atoms with Crippen LogP contribution in [-0.2, 0) is 22.4 Å². The number of amides is 1. The van der Waals surface area contributed by atoms with Gasteiger partial charge in [0.1, 0.15) is 0 Å². The van der Waals surface area contributed by atoms with Crippen LogP contribution in [0.5, 0.6) is 17.2 Å².